The number of rotatable bonds is 1. The van der Waals surface area contributed by atoms with Crippen LogP contribution in [0.4, 0.5) is 0 Å². The van der Waals surface area contributed by atoms with Crippen molar-refractivity contribution in [3.05, 3.63) is 29.3 Å². The zero-order valence-electron chi connectivity index (χ0n) is 11.8. The molecule has 0 bridgehead atoms. The van der Waals surface area contributed by atoms with Crippen LogP contribution in [-0.4, -0.2) is 0 Å². The molecule has 0 heterocycles. The normalized spacial score (nSPS) is 17.3. The van der Waals surface area contributed by atoms with Crippen molar-refractivity contribution in [2.75, 3.05) is 0 Å². The van der Waals surface area contributed by atoms with Crippen molar-refractivity contribution in [3.8, 4) is 0 Å². The first-order valence-corrected chi connectivity index (χ1v) is 6.20. The number of hydrogen-bond donors (Lipinski definition) is 0. The maximum Gasteiger partial charge on any atom is 3.00 e. The van der Waals surface area contributed by atoms with Crippen molar-refractivity contribution in [1.29, 1.82) is 0 Å². The van der Waals surface area contributed by atoms with Crippen LogP contribution in [0.15, 0.2) is 18.2 Å². The van der Waals surface area contributed by atoms with Crippen molar-refractivity contribution in [2.45, 2.75) is 58.8 Å². The molecule has 0 aliphatic heterocycles. The van der Waals surface area contributed by atoms with E-state index in [9.17, 15) is 0 Å². The Labute approximate surface area is 144 Å². The summed E-state index contributed by atoms with van der Waals surface area (Å²) in [5, 5.41) is 0. The fourth-order valence-corrected chi connectivity index (χ4v) is 3.31. The second kappa shape index (κ2) is 7.56. The fourth-order valence-electron chi connectivity index (χ4n) is 3.31. The van der Waals surface area contributed by atoms with Crippen LogP contribution in [0, 0.1) is 12.3 Å². The van der Waals surface area contributed by atoms with Crippen LogP contribution in [-0.2, 0) is 31.6 Å². The molecule has 0 saturated heterocycles. The molecule has 1 fully saturated rings. The fraction of sp³-hybridized carbons (Fsp3) is 0.667. The zero-order chi connectivity index (χ0) is 11.1. The molecule has 1 aromatic rings. The molecule has 2 rings (SSSR count). The van der Waals surface area contributed by atoms with E-state index in [1.165, 1.54) is 31.2 Å². The van der Waals surface area contributed by atoms with Crippen LogP contribution in [0.3, 0.4) is 0 Å². The van der Waals surface area contributed by atoms with Gasteiger partial charge < -0.3 is 24.8 Å². The standard InChI is InChI=1S/C15H23.2ClH.Zr/c1-12-7-8-13(11-12)15(14(2,3)4)9-5-6-10-15;;;/h7-8,11H,5-6,9-10H2,1-4H3;2*1H;/q-1;;;+3/p-2. The molecule has 0 nitrogen and oxygen atoms in total. The van der Waals surface area contributed by atoms with E-state index in [1.807, 2.05) is 0 Å². The molecule has 18 heavy (non-hydrogen) atoms. The van der Waals surface area contributed by atoms with E-state index in [0.29, 0.717) is 10.8 Å². The Morgan fingerprint density at radius 3 is 1.94 bits per heavy atom. The number of halogens is 2. The largest absolute Gasteiger partial charge is 3.00 e. The van der Waals surface area contributed by atoms with E-state index in [1.54, 1.807) is 5.56 Å². The van der Waals surface area contributed by atoms with Gasteiger partial charge in [-0.2, -0.15) is 23.3 Å². The van der Waals surface area contributed by atoms with Crippen molar-refractivity contribution >= 4 is 0 Å². The first-order valence-electron chi connectivity index (χ1n) is 6.20. The smallest absolute Gasteiger partial charge is 1.00 e. The van der Waals surface area contributed by atoms with E-state index >= 15 is 0 Å². The average Bonchev–Trinajstić information content (AvgIpc) is 2.69. The molecule has 1 radical (unpaired) electrons. The monoisotopic (exact) mass is 363 g/mol. The summed E-state index contributed by atoms with van der Waals surface area (Å²) >= 11 is 0. The second-order valence-electron chi connectivity index (χ2n) is 6.22. The minimum Gasteiger partial charge on any atom is -1.00 e. The molecular formula is C15H23Cl2Zr. The quantitative estimate of drug-likeness (QED) is 0.536. The molecular weight excluding hydrogens is 342 g/mol. The Bertz CT molecular complexity index is 344. The molecule has 1 aliphatic carbocycles. The Morgan fingerprint density at radius 2 is 1.61 bits per heavy atom. The third-order valence-corrected chi connectivity index (χ3v) is 4.35. The minimum absolute atomic E-state index is 0. The van der Waals surface area contributed by atoms with Gasteiger partial charge in [0, 0.05) is 0 Å². The summed E-state index contributed by atoms with van der Waals surface area (Å²) in [5.41, 5.74) is 3.84. The van der Waals surface area contributed by atoms with Gasteiger partial charge in [-0.05, 0) is 5.41 Å². The van der Waals surface area contributed by atoms with E-state index < -0.39 is 0 Å². The number of hydrogen-bond acceptors (Lipinski definition) is 0. The van der Waals surface area contributed by atoms with Crippen LogP contribution in [0.2, 0.25) is 0 Å². The minimum atomic E-state index is 0. The maximum absolute atomic E-state index is 2.40. The van der Waals surface area contributed by atoms with Gasteiger partial charge in [0.15, 0.2) is 0 Å². The van der Waals surface area contributed by atoms with Gasteiger partial charge in [0.1, 0.15) is 0 Å². The van der Waals surface area contributed by atoms with Crippen molar-refractivity contribution in [1.82, 2.24) is 0 Å². The third kappa shape index (κ3) is 3.68. The summed E-state index contributed by atoms with van der Waals surface area (Å²) in [5.74, 6) is 0. The summed E-state index contributed by atoms with van der Waals surface area (Å²) in [6.07, 6.45) is 5.56. The van der Waals surface area contributed by atoms with E-state index in [4.69, 9.17) is 0 Å². The topological polar surface area (TPSA) is 0 Å². The number of aryl methyl sites for hydroxylation is 1. The van der Waals surface area contributed by atoms with Gasteiger partial charge in [-0.25, -0.2) is 6.07 Å². The van der Waals surface area contributed by atoms with Crippen molar-refractivity contribution in [2.24, 2.45) is 5.41 Å². The third-order valence-electron chi connectivity index (χ3n) is 4.35. The summed E-state index contributed by atoms with van der Waals surface area (Å²) < 4.78 is 0. The molecule has 0 aromatic heterocycles. The Kier molecular flexibility index (Phi) is 8.87. The molecule has 101 valence electrons. The van der Waals surface area contributed by atoms with Gasteiger partial charge in [-0.1, -0.05) is 58.8 Å². The van der Waals surface area contributed by atoms with E-state index in [0.717, 1.165) is 0 Å². The van der Waals surface area contributed by atoms with Crippen LogP contribution in [0.25, 0.3) is 0 Å². The molecule has 0 amide bonds. The van der Waals surface area contributed by atoms with Crippen LogP contribution in [0.1, 0.15) is 57.6 Å². The summed E-state index contributed by atoms with van der Waals surface area (Å²) in [7, 11) is 0. The predicted octanol–water partition coefficient (Wildman–Crippen LogP) is -1.42. The summed E-state index contributed by atoms with van der Waals surface area (Å²) in [4.78, 5) is 0. The molecule has 0 spiro atoms. The predicted molar refractivity (Wildman–Crippen MR) is 66.4 cm³/mol. The zero-order valence-corrected chi connectivity index (χ0v) is 15.8. The maximum atomic E-state index is 2.40. The Hall–Kier alpha value is 0.813. The van der Waals surface area contributed by atoms with E-state index in [2.05, 4.69) is 45.9 Å². The Morgan fingerprint density at radius 1 is 1.11 bits per heavy atom. The van der Waals surface area contributed by atoms with Gasteiger partial charge in [0.05, 0.1) is 0 Å². The van der Waals surface area contributed by atoms with E-state index in [-0.39, 0.29) is 51.0 Å². The molecule has 0 atom stereocenters. The molecule has 1 aliphatic rings. The van der Waals surface area contributed by atoms with Crippen LogP contribution >= 0.6 is 0 Å². The van der Waals surface area contributed by atoms with Gasteiger partial charge >= 0.3 is 26.2 Å². The molecule has 0 unspecified atom stereocenters. The SMILES string of the molecule is C[c-]1ccc(C2(C(C)(C)C)CCCC2)c1.[Cl-].[Cl-].[Zr+3]. The second-order valence-corrected chi connectivity index (χ2v) is 6.22. The van der Waals surface area contributed by atoms with Gasteiger partial charge in [0.2, 0.25) is 0 Å². The van der Waals surface area contributed by atoms with Crippen molar-refractivity contribution in [3.63, 3.8) is 0 Å². The van der Waals surface area contributed by atoms with Gasteiger partial charge in [0.25, 0.3) is 0 Å². The molecule has 3 heteroatoms. The van der Waals surface area contributed by atoms with Crippen LogP contribution < -0.4 is 24.8 Å². The summed E-state index contributed by atoms with van der Waals surface area (Å²) in [6, 6.07) is 7.02. The first-order chi connectivity index (χ1) is 6.96. The van der Waals surface area contributed by atoms with Gasteiger partial charge in [-0.15, -0.1) is 0 Å². The molecule has 1 saturated carbocycles. The summed E-state index contributed by atoms with van der Waals surface area (Å²) in [6.45, 7) is 9.41. The molecule has 0 N–H and O–H groups in total. The van der Waals surface area contributed by atoms with Crippen LogP contribution in [0.5, 0.6) is 0 Å². The van der Waals surface area contributed by atoms with Gasteiger partial charge in [-0.3, -0.25) is 0 Å². The average molecular weight is 365 g/mol. The Balaban J connectivity index is 0. The van der Waals surface area contributed by atoms with Crippen molar-refractivity contribution < 1.29 is 51.0 Å². The molecule has 1 aromatic carbocycles. The first kappa shape index (κ1) is 21.1.